The number of carbonyl (C=O) groups is 1. The molecule has 1 atom stereocenters. The van der Waals surface area contributed by atoms with Gasteiger partial charge < -0.3 is 10.4 Å². The van der Waals surface area contributed by atoms with Crippen LogP contribution in [0.15, 0.2) is 23.1 Å². The summed E-state index contributed by atoms with van der Waals surface area (Å²) in [5.41, 5.74) is 1.56. The van der Waals surface area contributed by atoms with Crippen molar-refractivity contribution in [1.29, 1.82) is 0 Å². The van der Waals surface area contributed by atoms with Crippen LogP contribution in [0.1, 0.15) is 22.8 Å². The van der Waals surface area contributed by atoms with Gasteiger partial charge in [-0.05, 0) is 30.5 Å². The molecule has 0 bridgehead atoms. The maximum Gasteiger partial charge on any atom is 0.251 e. The van der Waals surface area contributed by atoms with E-state index in [1.165, 1.54) is 0 Å². The van der Waals surface area contributed by atoms with Crippen molar-refractivity contribution < 1.29 is 9.90 Å². The van der Waals surface area contributed by atoms with Gasteiger partial charge in [0.2, 0.25) is 0 Å². The van der Waals surface area contributed by atoms with E-state index in [4.69, 9.17) is 5.11 Å². The molecular formula is C12H17NO2S. The summed E-state index contributed by atoms with van der Waals surface area (Å²) in [6.07, 6.45) is 0. The standard InChI is InChI=1S/C12H17NO2S/c1-8(7-14)6-13-12(15)11-5-10(16)4-3-9(11)2/h3-5,8,14,16H,6-7H2,1-2H3,(H,13,15). The SMILES string of the molecule is Cc1ccc(S)cc1C(=O)NCC(C)CO. The average molecular weight is 239 g/mol. The van der Waals surface area contributed by atoms with Crippen LogP contribution in [0.3, 0.4) is 0 Å². The lowest BCUT2D eigenvalue weighted by atomic mass is 10.1. The Labute approximate surface area is 101 Å². The van der Waals surface area contributed by atoms with Gasteiger partial charge in [0.15, 0.2) is 0 Å². The molecule has 0 radical (unpaired) electrons. The highest BCUT2D eigenvalue weighted by Crippen LogP contribution is 2.13. The molecule has 16 heavy (non-hydrogen) atoms. The van der Waals surface area contributed by atoms with E-state index in [-0.39, 0.29) is 18.4 Å². The summed E-state index contributed by atoms with van der Waals surface area (Å²) in [6, 6.07) is 5.47. The molecule has 0 saturated carbocycles. The van der Waals surface area contributed by atoms with Crippen molar-refractivity contribution in [3.05, 3.63) is 29.3 Å². The number of rotatable bonds is 4. The molecule has 4 heteroatoms. The lowest BCUT2D eigenvalue weighted by molar-refractivity contribution is 0.0941. The van der Waals surface area contributed by atoms with Gasteiger partial charge in [0.05, 0.1) is 0 Å². The lowest BCUT2D eigenvalue weighted by Gasteiger charge is -2.11. The number of aliphatic hydroxyl groups is 1. The number of aliphatic hydroxyl groups excluding tert-OH is 1. The van der Waals surface area contributed by atoms with Crippen LogP contribution in [0.4, 0.5) is 0 Å². The highest BCUT2D eigenvalue weighted by Gasteiger charge is 2.10. The second-order valence-electron chi connectivity index (χ2n) is 4.00. The van der Waals surface area contributed by atoms with Crippen molar-refractivity contribution in [3.63, 3.8) is 0 Å². The first-order valence-electron chi connectivity index (χ1n) is 5.23. The van der Waals surface area contributed by atoms with Gasteiger partial charge in [-0.25, -0.2) is 0 Å². The third kappa shape index (κ3) is 3.54. The number of hydrogen-bond acceptors (Lipinski definition) is 3. The summed E-state index contributed by atoms with van der Waals surface area (Å²) in [6.45, 7) is 4.32. The summed E-state index contributed by atoms with van der Waals surface area (Å²) >= 11 is 4.20. The molecule has 1 rings (SSSR count). The molecule has 1 aromatic rings. The van der Waals surface area contributed by atoms with Crippen molar-refractivity contribution in [2.45, 2.75) is 18.7 Å². The highest BCUT2D eigenvalue weighted by atomic mass is 32.1. The second-order valence-corrected chi connectivity index (χ2v) is 4.51. The Morgan fingerprint density at radius 3 is 2.88 bits per heavy atom. The van der Waals surface area contributed by atoms with E-state index < -0.39 is 0 Å². The van der Waals surface area contributed by atoms with Gasteiger partial charge >= 0.3 is 0 Å². The largest absolute Gasteiger partial charge is 0.396 e. The van der Waals surface area contributed by atoms with E-state index in [1.807, 2.05) is 26.0 Å². The molecule has 1 amide bonds. The van der Waals surface area contributed by atoms with Crippen LogP contribution in [0.5, 0.6) is 0 Å². The van der Waals surface area contributed by atoms with Crippen LogP contribution >= 0.6 is 12.6 Å². The molecule has 0 fully saturated rings. The number of amides is 1. The van der Waals surface area contributed by atoms with Crippen LogP contribution in [-0.2, 0) is 0 Å². The van der Waals surface area contributed by atoms with Crippen LogP contribution in [-0.4, -0.2) is 24.2 Å². The smallest absolute Gasteiger partial charge is 0.251 e. The van der Waals surface area contributed by atoms with Crippen LogP contribution in [0.2, 0.25) is 0 Å². The molecule has 0 heterocycles. The zero-order chi connectivity index (χ0) is 12.1. The Hall–Kier alpha value is -1.00. The predicted octanol–water partition coefficient (Wildman–Crippen LogP) is 1.64. The number of nitrogens with one attached hydrogen (secondary N) is 1. The number of thiol groups is 1. The Balaban J connectivity index is 2.69. The number of aryl methyl sites for hydroxylation is 1. The molecule has 1 aromatic carbocycles. The highest BCUT2D eigenvalue weighted by molar-refractivity contribution is 7.80. The average Bonchev–Trinajstić information content (AvgIpc) is 2.28. The van der Waals surface area contributed by atoms with Crippen molar-refractivity contribution >= 4 is 18.5 Å². The molecule has 0 spiro atoms. The molecular weight excluding hydrogens is 222 g/mol. The minimum Gasteiger partial charge on any atom is -0.396 e. The Kier molecular flexibility index (Phi) is 4.83. The number of hydrogen-bond donors (Lipinski definition) is 3. The fourth-order valence-electron chi connectivity index (χ4n) is 1.28. The summed E-state index contributed by atoms with van der Waals surface area (Å²) in [4.78, 5) is 12.6. The van der Waals surface area contributed by atoms with Crippen molar-refractivity contribution in [2.24, 2.45) is 5.92 Å². The zero-order valence-corrected chi connectivity index (χ0v) is 10.4. The van der Waals surface area contributed by atoms with Gasteiger partial charge in [-0.1, -0.05) is 13.0 Å². The molecule has 0 aliphatic carbocycles. The van der Waals surface area contributed by atoms with Gasteiger partial charge in [0.1, 0.15) is 0 Å². The quantitative estimate of drug-likeness (QED) is 0.700. The molecule has 2 N–H and O–H groups in total. The zero-order valence-electron chi connectivity index (χ0n) is 9.53. The first-order chi connectivity index (χ1) is 7.54. The van der Waals surface area contributed by atoms with Crippen molar-refractivity contribution in [2.75, 3.05) is 13.2 Å². The van der Waals surface area contributed by atoms with Gasteiger partial charge in [-0.3, -0.25) is 4.79 Å². The van der Waals surface area contributed by atoms with Crippen LogP contribution in [0, 0.1) is 12.8 Å². The monoisotopic (exact) mass is 239 g/mol. The summed E-state index contributed by atoms with van der Waals surface area (Å²) < 4.78 is 0. The Bertz CT molecular complexity index is 379. The summed E-state index contributed by atoms with van der Waals surface area (Å²) in [5.74, 6) is -0.0443. The molecule has 0 saturated heterocycles. The van der Waals surface area contributed by atoms with E-state index in [2.05, 4.69) is 17.9 Å². The number of benzene rings is 1. The number of carbonyl (C=O) groups excluding carboxylic acids is 1. The van der Waals surface area contributed by atoms with Gasteiger partial charge in [-0.15, -0.1) is 12.6 Å². The van der Waals surface area contributed by atoms with Crippen molar-refractivity contribution in [1.82, 2.24) is 5.32 Å². The lowest BCUT2D eigenvalue weighted by Crippen LogP contribution is -2.30. The summed E-state index contributed by atoms with van der Waals surface area (Å²) in [5, 5.41) is 11.6. The van der Waals surface area contributed by atoms with E-state index in [9.17, 15) is 4.79 Å². The van der Waals surface area contributed by atoms with E-state index in [0.29, 0.717) is 12.1 Å². The molecule has 0 aromatic heterocycles. The molecule has 0 aliphatic heterocycles. The van der Waals surface area contributed by atoms with Gasteiger partial charge in [0, 0.05) is 23.6 Å². The Morgan fingerprint density at radius 1 is 1.56 bits per heavy atom. The minimum atomic E-state index is -0.117. The van der Waals surface area contributed by atoms with Crippen LogP contribution in [0.25, 0.3) is 0 Å². The normalized spacial score (nSPS) is 12.2. The van der Waals surface area contributed by atoms with Crippen molar-refractivity contribution in [3.8, 4) is 0 Å². The first kappa shape index (κ1) is 13.1. The van der Waals surface area contributed by atoms with Gasteiger partial charge in [0.25, 0.3) is 5.91 Å². The first-order valence-corrected chi connectivity index (χ1v) is 5.68. The van der Waals surface area contributed by atoms with E-state index >= 15 is 0 Å². The van der Waals surface area contributed by atoms with E-state index in [0.717, 1.165) is 10.5 Å². The topological polar surface area (TPSA) is 49.3 Å². The van der Waals surface area contributed by atoms with Gasteiger partial charge in [-0.2, -0.15) is 0 Å². The maximum atomic E-state index is 11.8. The molecule has 88 valence electrons. The third-order valence-corrected chi connectivity index (χ3v) is 2.67. The maximum absolute atomic E-state index is 11.8. The fourth-order valence-corrected chi connectivity index (χ4v) is 1.48. The van der Waals surface area contributed by atoms with E-state index in [1.54, 1.807) is 6.07 Å². The fraction of sp³-hybridized carbons (Fsp3) is 0.417. The minimum absolute atomic E-state index is 0.0726. The summed E-state index contributed by atoms with van der Waals surface area (Å²) in [7, 11) is 0. The molecule has 3 nitrogen and oxygen atoms in total. The molecule has 1 unspecified atom stereocenters. The second kappa shape index (κ2) is 5.92. The predicted molar refractivity (Wildman–Crippen MR) is 67.0 cm³/mol. The third-order valence-electron chi connectivity index (χ3n) is 2.39. The van der Waals surface area contributed by atoms with Crippen LogP contribution < -0.4 is 5.32 Å². The molecule has 0 aliphatic rings. The Morgan fingerprint density at radius 2 is 2.25 bits per heavy atom.